The van der Waals surface area contributed by atoms with Crippen LogP contribution in [0.3, 0.4) is 0 Å². The molecule has 0 aliphatic heterocycles. The summed E-state index contributed by atoms with van der Waals surface area (Å²) in [5.74, 6) is 0.391. The van der Waals surface area contributed by atoms with Gasteiger partial charge in [-0.05, 0) is 166 Å². The topological polar surface area (TPSA) is 158 Å². The van der Waals surface area contributed by atoms with Crippen LogP contribution in [0, 0.1) is 0 Å². The average Bonchev–Trinajstić information content (AvgIpc) is 3.33. The minimum Gasteiger partial charge on any atom is -0.494 e. The van der Waals surface area contributed by atoms with Crippen molar-refractivity contribution in [1.29, 1.82) is 0 Å². The molecule has 0 unspecified atom stereocenters. The first-order chi connectivity index (χ1) is 31.7. The summed E-state index contributed by atoms with van der Waals surface area (Å²) in [6, 6.07) is 24.7. The second-order valence-corrected chi connectivity index (χ2v) is 14.5. The van der Waals surface area contributed by atoms with E-state index in [1.54, 1.807) is 84.9 Å². The van der Waals surface area contributed by atoms with Gasteiger partial charge in [-0.2, -0.15) is 10.2 Å². The van der Waals surface area contributed by atoms with Crippen LogP contribution in [0.2, 0.25) is 0 Å². The van der Waals surface area contributed by atoms with Gasteiger partial charge < -0.3 is 33.2 Å². The number of hydrogen-bond donors (Lipinski definition) is 0. The summed E-state index contributed by atoms with van der Waals surface area (Å²) in [6.07, 6.45) is 17.4. The molecule has 0 atom stereocenters. The van der Waals surface area contributed by atoms with Gasteiger partial charge in [0.15, 0.2) is 0 Å². The molecule has 0 aromatic heterocycles. The molecule has 4 aromatic rings. The zero-order valence-corrected chi connectivity index (χ0v) is 37.2. The van der Waals surface area contributed by atoms with Gasteiger partial charge in [0.25, 0.3) is 0 Å². The van der Waals surface area contributed by atoms with E-state index in [9.17, 15) is 19.2 Å². The second-order valence-electron chi connectivity index (χ2n) is 14.5. The van der Waals surface area contributed by atoms with Crippen molar-refractivity contribution in [3.63, 3.8) is 0 Å². The first kappa shape index (κ1) is 50.4. The van der Waals surface area contributed by atoms with Crippen LogP contribution in [0.1, 0.15) is 113 Å². The molecule has 4 aromatic carbocycles. The third-order valence-electron chi connectivity index (χ3n) is 9.49. The third kappa shape index (κ3) is 18.9. The van der Waals surface area contributed by atoms with Crippen molar-refractivity contribution in [3.8, 4) is 23.0 Å². The Balaban J connectivity index is 1.18. The van der Waals surface area contributed by atoms with Crippen LogP contribution in [0.25, 0.3) is 0 Å². The fraction of sp³-hybridized carbons (Fsp3) is 0.308. The minimum absolute atomic E-state index is 0.00328. The normalized spacial score (nSPS) is 11.2. The third-order valence-corrected chi connectivity index (χ3v) is 9.49. The number of carbonyl (C=O) groups excluding carboxylic acids is 4. The number of rotatable bonds is 29. The Morgan fingerprint density at radius 2 is 1.05 bits per heavy atom. The summed E-state index contributed by atoms with van der Waals surface area (Å²) in [5, 5.41) is 8.16. The Morgan fingerprint density at radius 1 is 0.538 bits per heavy atom. The standard InChI is InChI=1S/C52H58N2O11/c1-5-8-17-42(6-2)60-32-13-9-10-14-33-61-43-25-21-41(22-26-43)50(56)64-45-23-18-39(19-24-45)37-53-54-38-40-20-31-47(48(36-40)51(57)59-4)52(58)65-46-29-27-44(28-30-46)62-34-15-11-12-16-35-63-49(55)7-3/h6-7,17-31,36-38H,2-3,5,8-16,32-35H2,1,4H3/b42-17+,53-37+,54-38+. The average molecular weight is 887 g/mol. The van der Waals surface area contributed by atoms with Gasteiger partial charge in [-0.3, -0.25) is 0 Å². The van der Waals surface area contributed by atoms with Crippen LogP contribution < -0.4 is 18.9 Å². The Morgan fingerprint density at radius 3 is 1.62 bits per heavy atom. The highest BCUT2D eigenvalue weighted by Gasteiger charge is 2.20. The Labute approximate surface area is 381 Å². The molecular formula is C52H58N2O11. The molecule has 0 aliphatic carbocycles. The molecule has 0 heterocycles. The maximum absolute atomic E-state index is 13.1. The predicted octanol–water partition coefficient (Wildman–Crippen LogP) is 10.9. The first-order valence-corrected chi connectivity index (χ1v) is 21.8. The lowest BCUT2D eigenvalue weighted by Gasteiger charge is -2.10. The van der Waals surface area contributed by atoms with Crippen LogP contribution in [0.4, 0.5) is 0 Å². The van der Waals surface area contributed by atoms with E-state index in [0.29, 0.717) is 60.4 Å². The molecule has 342 valence electrons. The van der Waals surface area contributed by atoms with Gasteiger partial charge in [0.1, 0.15) is 28.8 Å². The molecule has 13 nitrogen and oxygen atoms in total. The lowest BCUT2D eigenvalue weighted by atomic mass is 10.0. The number of carbonyl (C=O) groups is 4. The molecule has 0 aliphatic rings. The summed E-state index contributed by atoms with van der Waals surface area (Å²) in [5.41, 5.74) is 1.59. The zero-order chi connectivity index (χ0) is 46.5. The molecule has 0 saturated carbocycles. The van der Waals surface area contributed by atoms with Gasteiger partial charge >= 0.3 is 23.9 Å². The highest BCUT2D eigenvalue weighted by molar-refractivity contribution is 6.05. The summed E-state index contributed by atoms with van der Waals surface area (Å²) in [6.45, 7) is 11.4. The summed E-state index contributed by atoms with van der Waals surface area (Å²) >= 11 is 0. The molecule has 0 spiro atoms. The SMILES string of the molecule is C=CC(=O)OCCCCCCOc1ccc(OC(=O)c2ccc(/C=N/N=C/c3ccc(OC(=O)c4ccc(OCCCCCCO/C(C=C)=C/CCC)cc4)cc3)cc2C(=O)OC)cc1. The Bertz CT molecular complexity index is 2230. The smallest absolute Gasteiger partial charge is 0.344 e. The number of allylic oxidation sites excluding steroid dienone is 2. The quantitative estimate of drug-likeness (QED) is 0.00747. The lowest BCUT2D eigenvalue weighted by Crippen LogP contribution is -2.15. The fourth-order valence-corrected chi connectivity index (χ4v) is 5.94. The van der Waals surface area contributed by atoms with Crippen molar-refractivity contribution in [2.24, 2.45) is 10.2 Å². The van der Waals surface area contributed by atoms with Gasteiger partial charge in [-0.25, -0.2) is 19.2 Å². The number of hydrogen-bond acceptors (Lipinski definition) is 13. The minimum atomic E-state index is -0.745. The van der Waals surface area contributed by atoms with Crippen molar-refractivity contribution in [2.75, 3.05) is 33.5 Å². The first-order valence-electron chi connectivity index (χ1n) is 21.8. The van der Waals surface area contributed by atoms with Gasteiger partial charge in [0.2, 0.25) is 0 Å². The predicted molar refractivity (Wildman–Crippen MR) is 250 cm³/mol. The van der Waals surface area contributed by atoms with Gasteiger partial charge in [0.05, 0.1) is 62.7 Å². The van der Waals surface area contributed by atoms with Crippen molar-refractivity contribution in [2.45, 2.75) is 71.1 Å². The summed E-state index contributed by atoms with van der Waals surface area (Å²) < 4.78 is 38.3. The molecule has 0 bridgehead atoms. The number of ether oxygens (including phenoxy) is 7. The molecular weight excluding hydrogens is 829 g/mol. The van der Waals surface area contributed by atoms with Gasteiger partial charge in [-0.1, -0.05) is 32.6 Å². The number of unbranched alkanes of at least 4 members (excludes halogenated alkanes) is 7. The van der Waals surface area contributed by atoms with Crippen molar-refractivity contribution >= 4 is 36.3 Å². The molecule has 65 heavy (non-hydrogen) atoms. The van der Waals surface area contributed by atoms with Gasteiger partial charge in [0, 0.05) is 6.08 Å². The van der Waals surface area contributed by atoms with Crippen molar-refractivity contribution in [3.05, 3.63) is 156 Å². The van der Waals surface area contributed by atoms with E-state index in [1.807, 2.05) is 0 Å². The largest absolute Gasteiger partial charge is 0.494 e. The lowest BCUT2D eigenvalue weighted by molar-refractivity contribution is -0.137. The Kier molecular flexibility index (Phi) is 22.6. The van der Waals surface area contributed by atoms with E-state index in [2.05, 4.69) is 36.4 Å². The van der Waals surface area contributed by atoms with Gasteiger partial charge in [-0.15, -0.1) is 0 Å². The van der Waals surface area contributed by atoms with E-state index in [1.165, 1.54) is 31.7 Å². The van der Waals surface area contributed by atoms with Crippen LogP contribution >= 0.6 is 0 Å². The highest BCUT2D eigenvalue weighted by atomic mass is 16.5. The Hall–Kier alpha value is -7.28. The van der Waals surface area contributed by atoms with Crippen LogP contribution in [0.5, 0.6) is 23.0 Å². The number of esters is 4. The molecule has 0 amide bonds. The molecule has 0 radical (unpaired) electrons. The van der Waals surface area contributed by atoms with E-state index in [4.69, 9.17) is 33.2 Å². The molecule has 0 fully saturated rings. The van der Waals surface area contributed by atoms with Crippen LogP contribution in [0.15, 0.2) is 138 Å². The second kappa shape index (κ2) is 29.2. The maximum Gasteiger partial charge on any atom is 0.344 e. The van der Waals surface area contributed by atoms with Crippen molar-refractivity contribution in [1.82, 2.24) is 0 Å². The number of methoxy groups -OCH3 is 1. The summed E-state index contributed by atoms with van der Waals surface area (Å²) in [4.78, 5) is 49.6. The van der Waals surface area contributed by atoms with Crippen LogP contribution in [-0.2, 0) is 19.0 Å². The molecule has 0 saturated heterocycles. The van der Waals surface area contributed by atoms with E-state index < -0.39 is 23.9 Å². The van der Waals surface area contributed by atoms with E-state index in [-0.39, 0.29) is 16.9 Å². The molecule has 0 N–H and O–H groups in total. The van der Waals surface area contributed by atoms with E-state index >= 15 is 0 Å². The number of nitrogens with zero attached hydrogens (tertiary/aromatic N) is 2. The molecule has 13 heteroatoms. The molecule has 4 rings (SSSR count). The highest BCUT2D eigenvalue weighted by Crippen LogP contribution is 2.22. The zero-order valence-electron chi connectivity index (χ0n) is 37.2. The van der Waals surface area contributed by atoms with Crippen molar-refractivity contribution < 1.29 is 52.3 Å². The van der Waals surface area contributed by atoms with E-state index in [0.717, 1.165) is 76.0 Å². The monoisotopic (exact) mass is 886 g/mol. The summed E-state index contributed by atoms with van der Waals surface area (Å²) in [7, 11) is 1.22. The maximum atomic E-state index is 13.1. The van der Waals surface area contributed by atoms with Crippen LogP contribution in [-0.4, -0.2) is 69.8 Å². The fourth-order valence-electron chi connectivity index (χ4n) is 5.94. The number of benzene rings is 4.